The number of allylic oxidation sites excluding steroid dienone is 2. The summed E-state index contributed by atoms with van der Waals surface area (Å²) in [6.07, 6.45) is 14.5. The van der Waals surface area contributed by atoms with Crippen LogP contribution in [0.4, 0.5) is 0 Å². The Morgan fingerprint density at radius 2 is 1.58 bits per heavy atom. The molecule has 0 spiro atoms. The van der Waals surface area contributed by atoms with Gasteiger partial charge >= 0.3 is 0 Å². The van der Waals surface area contributed by atoms with E-state index in [9.17, 15) is 5.11 Å². The third-order valence-electron chi connectivity index (χ3n) is 13.1. The molecule has 0 aromatic rings. The molecule has 0 aromatic heterocycles. The van der Waals surface area contributed by atoms with Crippen LogP contribution in [0.5, 0.6) is 0 Å². The molecule has 5 aliphatic carbocycles. The maximum atomic E-state index is 10.9. The van der Waals surface area contributed by atoms with Crippen molar-refractivity contribution in [3.8, 4) is 0 Å². The van der Waals surface area contributed by atoms with Gasteiger partial charge in [-0.1, -0.05) is 67.0 Å². The van der Waals surface area contributed by atoms with Gasteiger partial charge in [-0.3, -0.25) is 0 Å². The highest BCUT2D eigenvalue weighted by Gasteiger charge is 2.68. The van der Waals surface area contributed by atoms with Crippen LogP contribution in [-0.2, 0) is 0 Å². The summed E-state index contributed by atoms with van der Waals surface area (Å²) in [5.74, 6) is 3.96. The maximum Gasteiger partial charge on any atom is 0.0594 e. The van der Waals surface area contributed by atoms with Gasteiger partial charge in [0.15, 0.2) is 0 Å². The van der Waals surface area contributed by atoms with Gasteiger partial charge in [0, 0.05) is 0 Å². The lowest BCUT2D eigenvalue weighted by Crippen LogP contribution is -2.62. The molecule has 4 fully saturated rings. The Hall–Kier alpha value is -0.300. The lowest BCUT2D eigenvalue weighted by Gasteiger charge is -2.69. The summed E-state index contributed by atoms with van der Waals surface area (Å²) < 4.78 is 0. The molecule has 1 N–H and O–H groups in total. The minimum Gasteiger partial charge on any atom is -0.393 e. The van der Waals surface area contributed by atoms with Gasteiger partial charge in [-0.25, -0.2) is 0 Å². The number of aliphatic hydroxyl groups is 1. The molecule has 0 amide bonds. The van der Waals surface area contributed by atoms with Crippen LogP contribution in [0.3, 0.4) is 0 Å². The predicted molar refractivity (Wildman–Crippen MR) is 131 cm³/mol. The molecule has 0 unspecified atom stereocenters. The van der Waals surface area contributed by atoms with E-state index in [2.05, 4.69) is 61.5 Å². The summed E-state index contributed by atoms with van der Waals surface area (Å²) in [7, 11) is 0. The van der Waals surface area contributed by atoms with Crippen molar-refractivity contribution in [1.82, 2.24) is 0 Å². The van der Waals surface area contributed by atoms with Gasteiger partial charge in [-0.2, -0.15) is 0 Å². The van der Waals surface area contributed by atoms with E-state index in [1.54, 1.807) is 0 Å². The lowest BCUT2D eigenvalue weighted by molar-refractivity contribution is -0.162. The maximum absolute atomic E-state index is 10.9. The normalized spacial score (nSPS) is 55.7. The Bertz CT molecular complexity index is 777. The Kier molecular flexibility index (Phi) is 4.82. The van der Waals surface area contributed by atoms with E-state index in [4.69, 9.17) is 0 Å². The number of aliphatic hydroxyl groups excluding tert-OH is 1. The molecule has 5 rings (SSSR count). The average Bonchev–Trinajstić information content (AvgIpc) is 3.06. The van der Waals surface area contributed by atoms with Crippen molar-refractivity contribution in [3.05, 3.63) is 11.6 Å². The van der Waals surface area contributed by atoms with Crippen molar-refractivity contribution in [2.75, 3.05) is 0 Å². The predicted octanol–water partition coefficient (Wildman–Crippen LogP) is 8.02. The van der Waals surface area contributed by atoms with Gasteiger partial charge < -0.3 is 5.11 Å². The largest absolute Gasteiger partial charge is 0.393 e. The summed E-state index contributed by atoms with van der Waals surface area (Å²) in [5.41, 5.74) is 3.64. The summed E-state index contributed by atoms with van der Waals surface area (Å²) in [5, 5.41) is 10.9. The van der Waals surface area contributed by atoms with Gasteiger partial charge in [-0.15, -0.1) is 0 Å². The first-order valence-electron chi connectivity index (χ1n) is 13.7. The second-order valence-corrected chi connectivity index (χ2v) is 14.7. The minimum absolute atomic E-state index is 0.0377. The number of fused-ring (bicyclic) bond motifs is 7. The Balaban J connectivity index is 1.58. The number of rotatable bonds is 1. The van der Waals surface area contributed by atoms with Crippen molar-refractivity contribution in [1.29, 1.82) is 0 Å². The summed E-state index contributed by atoms with van der Waals surface area (Å²) in [4.78, 5) is 0. The van der Waals surface area contributed by atoms with Crippen LogP contribution in [0.15, 0.2) is 11.6 Å². The molecule has 1 nitrogen and oxygen atoms in total. The third-order valence-corrected chi connectivity index (χ3v) is 13.1. The molecule has 0 radical (unpaired) electrons. The van der Waals surface area contributed by atoms with E-state index in [0.717, 1.165) is 30.1 Å². The van der Waals surface area contributed by atoms with E-state index in [0.29, 0.717) is 27.6 Å². The first-order valence-corrected chi connectivity index (χ1v) is 13.7. The Labute approximate surface area is 192 Å². The Morgan fingerprint density at radius 3 is 2.26 bits per heavy atom. The number of hydrogen-bond donors (Lipinski definition) is 1. The number of hydrogen-bond acceptors (Lipinski definition) is 1. The zero-order valence-corrected chi connectivity index (χ0v) is 21.9. The fraction of sp³-hybridized carbons (Fsp3) is 0.933. The molecule has 9 atom stereocenters. The molecule has 0 aromatic carbocycles. The summed E-state index contributed by atoms with van der Waals surface area (Å²) in [6, 6.07) is 0. The SMILES string of the molecule is CC(C)[C@H]1CC[C@]2(C)CC[C@]3(C)C4=CC[C@H]5C(C)(C)[C@@H](O)CC[C@]5(C)[C@H]4CC[C@@]3(C)[C@@H]12. The fourth-order valence-corrected chi connectivity index (χ4v) is 11.0. The second-order valence-electron chi connectivity index (χ2n) is 14.7. The van der Waals surface area contributed by atoms with Crippen LogP contribution in [-0.4, -0.2) is 11.2 Å². The molecule has 1 heteroatoms. The van der Waals surface area contributed by atoms with E-state index < -0.39 is 0 Å². The smallest absolute Gasteiger partial charge is 0.0594 e. The first kappa shape index (κ1) is 22.5. The highest BCUT2D eigenvalue weighted by Crippen LogP contribution is 2.76. The first-order chi connectivity index (χ1) is 14.3. The van der Waals surface area contributed by atoms with Crippen LogP contribution in [0.25, 0.3) is 0 Å². The summed E-state index contributed by atoms with van der Waals surface area (Å²) >= 11 is 0. The van der Waals surface area contributed by atoms with Crippen molar-refractivity contribution < 1.29 is 5.11 Å². The van der Waals surface area contributed by atoms with Gasteiger partial charge in [-0.05, 0) is 114 Å². The molecule has 4 saturated carbocycles. The monoisotopic (exact) mass is 426 g/mol. The van der Waals surface area contributed by atoms with Crippen LogP contribution in [0.2, 0.25) is 0 Å². The summed E-state index contributed by atoms with van der Waals surface area (Å²) in [6.45, 7) is 20.4. The van der Waals surface area contributed by atoms with Gasteiger partial charge in [0.2, 0.25) is 0 Å². The van der Waals surface area contributed by atoms with Crippen LogP contribution in [0.1, 0.15) is 113 Å². The molecule has 0 heterocycles. The minimum atomic E-state index is -0.134. The van der Waals surface area contributed by atoms with E-state index in [1.165, 1.54) is 51.4 Å². The molecule has 5 aliphatic rings. The van der Waals surface area contributed by atoms with Crippen molar-refractivity contribution in [2.24, 2.45) is 56.7 Å². The molecule has 0 aliphatic heterocycles. The zero-order chi connectivity index (χ0) is 22.6. The van der Waals surface area contributed by atoms with Crippen molar-refractivity contribution >= 4 is 0 Å². The molecule has 31 heavy (non-hydrogen) atoms. The topological polar surface area (TPSA) is 20.2 Å². The van der Waals surface area contributed by atoms with Crippen LogP contribution < -0.4 is 0 Å². The highest BCUT2D eigenvalue weighted by atomic mass is 16.3. The average molecular weight is 427 g/mol. The van der Waals surface area contributed by atoms with Gasteiger partial charge in [0.25, 0.3) is 0 Å². The quantitative estimate of drug-likeness (QED) is 0.421. The van der Waals surface area contributed by atoms with Crippen LogP contribution in [0, 0.1) is 56.7 Å². The van der Waals surface area contributed by atoms with E-state index in [-0.39, 0.29) is 11.5 Å². The van der Waals surface area contributed by atoms with Crippen LogP contribution >= 0.6 is 0 Å². The van der Waals surface area contributed by atoms with Gasteiger partial charge in [0.05, 0.1) is 6.10 Å². The lowest BCUT2D eigenvalue weighted by atomic mass is 9.35. The molecule has 0 bridgehead atoms. The molecule has 176 valence electrons. The molecular formula is C30H50O. The third kappa shape index (κ3) is 2.65. The van der Waals surface area contributed by atoms with Crippen molar-refractivity contribution in [2.45, 2.75) is 119 Å². The Morgan fingerprint density at radius 1 is 0.871 bits per heavy atom. The highest BCUT2D eigenvalue weighted by molar-refractivity contribution is 5.33. The standard InChI is InChI=1S/C30H50O/c1-19(2)20-11-14-27(5)17-18-29(7)22-9-10-23-26(3,4)24(31)13-15-28(23,6)21(22)12-16-30(29,8)25(20)27/h9,19-21,23-25,31H,10-18H2,1-8H3/t20-,21+,23+,24+,25+,27-,28-,29-,30+/m1/s1. The van der Waals surface area contributed by atoms with E-state index in [1.807, 2.05) is 5.57 Å². The van der Waals surface area contributed by atoms with Crippen molar-refractivity contribution in [3.63, 3.8) is 0 Å². The molecular weight excluding hydrogens is 376 g/mol. The zero-order valence-electron chi connectivity index (χ0n) is 21.9. The second kappa shape index (κ2) is 6.64. The molecule has 0 saturated heterocycles. The fourth-order valence-electron chi connectivity index (χ4n) is 11.0. The van der Waals surface area contributed by atoms with Gasteiger partial charge in [0.1, 0.15) is 0 Å². The van der Waals surface area contributed by atoms with E-state index >= 15 is 0 Å².